The van der Waals surface area contributed by atoms with E-state index in [0.29, 0.717) is 22.0 Å². The average Bonchev–Trinajstić information content (AvgIpc) is 2.51. The van der Waals surface area contributed by atoms with Crippen LogP contribution in [0.5, 0.6) is 5.75 Å². The van der Waals surface area contributed by atoms with E-state index in [1.54, 1.807) is 18.2 Å². The van der Waals surface area contributed by atoms with Crippen molar-refractivity contribution in [2.75, 3.05) is 5.73 Å². The molecule has 1 heterocycles. The molecule has 1 aromatic heterocycles. The minimum Gasteiger partial charge on any atom is -0.507 e. The van der Waals surface area contributed by atoms with E-state index in [1.807, 2.05) is 38.1 Å². The quantitative estimate of drug-likeness (QED) is 0.734. The van der Waals surface area contributed by atoms with Gasteiger partial charge in [-0.1, -0.05) is 41.4 Å². The fraction of sp³-hybridized carbons (Fsp3) is 0.111. The number of nitrogen functional groups attached to an aromatic ring is 1. The summed E-state index contributed by atoms with van der Waals surface area (Å²) in [4.78, 5) is 8.51. The molecule has 3 aromatic rings. The lowest BCUT2D eigenvalue weighted by atomic mass is 10.0. The minimum atomic E-state index is 0.111. The van der Waals surface area contributed by atoms with Gasteiger partial charge < -0.3 is 10.8 Å². The molecule has 0 amide bonds. The normalized spacial score (nSPS) is 10.7. The van der Waals surface area contributed by atoms with Gasteiger partial charge in [0.05, 0.1) is 11.4 Å². The van der Waals surface area contributed by atoms with Gasteiger partial charge in [0, 0.05) is 16.1 Å². The SMILES string of the molecule is Cc1ccc(-c2cc(-c3cc(Cl)c(C)cc3O)nc(N)n2)cc1. The lowest BCUT2D eigenvalue weighted by Crippen LogP contribution is -1.99. The molecule has 0 unspecified atom stereocenters. The number of halogens is 1. The number of aromatic nitrogens is 2. The Kier molecular flexibility index (Phi) is 3.92. The Morgan fingerprint density at radius 2 is 1.61 bits per heavy atom. The van der Waals surface area contributed by atoms with Gasteiger partial charge in [0.1, 0.15) is 5.75 Å². The van der Waals surface area contributed by atoms with Gasteiger partial charge in [-0.2, -0.15) is 0 Å². The summed E-state index contributed by atoms with van der Waals surface area (Å²) in [6.07, 6.45) is 0. The predicted molar refractivity (Wildman–Crippen MR) is 93.5 cm³/mol. The van der Waals surface area contributed by atoms with Crippen LogP contribution in [-0.2, 0) is 0 Å². The van der Waals surface area contributed by atoms with Crippen molar-refractivity contribution in [3.63, 3.8) is 0 Å². The summed E-state index contributed by atoms with van der Waals surface area (Å²) in [6, 6.07) is 13.1. The number of aryl methyl sites for hydroxylation is 2. The van der Waals surface area contributed by atoms with Gasteiger partial charge in [0.2, 0.25) is 5.95 Å². The average molecular weight is 326 g/mol. The molecular weight excluding hydrogens is 310 g/mol. The van der Waals surface area contributed by atoms with E-state index in [-0.39, 0.29) is 11.7 Å². The van der Waals surface area contributed by atoms with Crippen LogP contribution >= 0.6 is 11.6 Å². The van der Waals surface area contributed by atoms with Gasteiger partial charge in [0.15, 0.2) is 0 Å². The van der Waals surface area contributed by atoms with Crippen molar-refractivity contribution in [1.29, 1.82) is 0 Å². The van der Waals surface area contributed by atoms with Crippen LogP contribution in [0.3, 0.4) is 0 Å². The van der Waals surface area contributed by atoms with Crippen LogP contribution in [0.15, 0.2) is 42.5 Å². The highest BCUT2D eigenvalue weighted by molar-refractivity contribution is 6.31. The van der Waals surface area contributed by atoms with Crippen LogP contribution < -0.4 is 5.73 Å². The molecule has 0 saturated heterocycles. The standard InChI is InChI=1S/C18H16ClN3O/c1-10-3-5-12(6-4-10)15-9-16(22-18(20)21-15)13-8-14(19)11(2)7-17(13)23/h3-9,23H,1-2H3,(H2,20,21,22). The summed E-state index contributed by atoms with van der Waals surface area (Å²) < 4.78 is 0. The zero-order valence-corrected chi connectivity index (χ0v) is 13.6. The summed E-state index contributed by atoms with van der Waals surface area (Å²) in [6.45, 7) is 3.85. The predicted octanol–water partition coefficient (Wildman–Crippen LogP) is 4.37. The number of hydrogen-bond acceptors (Lipinski definition) is 4. The highest BCUT2D eigenvalue weighted by atomic mass is 35.5. The molecule has 0 aliphatic heterocycles. The van der Waals surface area contributed by atoms with E-state index < -0.39 is 0 Å². The van der Waals surface area contributed by atoms with Crippen molar-refractivity contribution < 1.29 is 5.11 Å². The van der Waals surface area contributed by atoms with Crippen LogP contribution in [0.1, 0.15) is 11.1 Å². The van der Waals surface area contributed by atoms with E-state index in [0.717, 1.165) is 11.1 Å². The Morgan fingerprint density at radius 3 is 2.30 bits per heavy atom. The zero-order valence-electron chi connectivity index (χ0n) is 12.8. The molecule has 0 radical (unpaired) electrons. The summed E-state index contributed by atoms with van der Waals surface area (Å²) in [7, 11) is 0. The van der Waals surface area contributed by atoms with Gasteiger partial charge in [-0.25, -0.2) is 9.97 Å². The molecule has 116 valence electrons. The second kappa shape index (κ2) is 5.89. The fourth-order valence-corrected chi connectivity index (χ4v) is 2.51. The fourth-order valence-electron chi connectivity index (χ4n) is 2.35. The Labute approximate surface area is 139 Å². The molecular formula is C18H16ClN3O. The number of anilines is 1. The molecule has 4 nitrogen and oxygen atoms in total. The van der Waals surface area contributed by atoms with Crippen molar-refractivity contribution >= 4 is 17.5 Å². The molecule has 0 spiro atoms. The van der Waals surface area contributed by atoms with Gasteiger partial charge >= 0.3 is 0 Å². The number of hydrogen-bond donors (Lipinski definition) is 2. The maximum atomic E-state index is 10.2. The van der Waals surface area contributed by atoms with Crippen molar-refractivity contribution in [3.8, 4) is 28.3 Å². The molecule has 3 rings (SSSR count). The summed E-state index contributed by atoms with van der Waals surface area (Å²) in [5, 5.41) is 10.8. The molecule has 0 bridgehead atoms. The summed E-state index contributed by atoms with van der Waals surface area (Å²) >= 11 is 6.16. The first-order chi connectivity index (χ1) is 10.9. The van der Waals surface area contributed by atoms with E-state index in [2.05, 4.69) is 9.97 Å². The lowest BCUT2D eigenvalue weighted by molar-refractivity contribution is 0.476. The number of phenols is 1. The Bertz CT molecular complexity index is 876. The third-order valence-corrected chi connectivity index (χ3v) is 4.05. The number of benzene rings is 2. The number of nitrogens with two attached hydrogens (primary N) is 1. The topological polar surface area (TPSA) is 72.0 Å². The first kappa shape index (κ1) is 15.3. The van der Waals surface area contributed by atoms with Crippen molar-refractivity contribution in [3.05, 3.63) is 58.6 Å². The van der Waals surface area contributed by atoms with Crippen molar-refractivity contribution in [2.45, 2.75) is 13.8 Å². The van der Waals surface area contributed by atoms with Crippen molar-refractivity contribution in [1.82, 2.24) is 9.97 Å². The molecule has 0 aliphatic rings. The van der Waals surface area contributed by atoms with Crippen LogP contribution in [0.25, 0.3) is 22.5 Å². The van der Waals surface area contributed by atoms with E-state index >= 15 is 0 Å². The maximum absolute atomic E-state index is 10.2. The number of aromatic hydroxyl groups is 1. The smallest absolute Gasteiger partial charge is 0.221 e. The number of nitrogens with zero attached hydrogens (tertiary/aromatic N) is 2. The molecule has 2 aromatic carbocycles. The van der Waals surface area contributed by atoms with E-state index in [4.69, 9.17) is 17.3 Å². The largest absolute Gasteiger partial charge is 0.507 e. The summed E-state index contributed by atoms with van der Waals surface area (Å²) in [5.41, 5.74) is 10.5. The zero-order chi connectivity index (χ0) is 16.6. The molecule has 0 atom stereocenters. The minimum absolute atomic E-state index is 0.111. The maximum Gasteiger partial charge on any atom is 0.221 e. The third-order valence-electron chi connectivity index (χ3n) is 3.64. The molecule has 5 heteroatoms. The second-order valence-corrected chi connectivity index (χ2v) is 5.89. The second-order valence-electron chi connectivity index (χ2n) is 5.48. The highest BCUT2D eigenvalue weighted by Gasteiger charge is 2.12. The van der Waals surface area contributed by atoms with Gasteiger partial charge in [-0.3, -0.25) is 0 Å². The first-order valence-corrected chi connectivity index (χ1v) is 7.53. The van der Waals surface area contributed by atoms with Gasteiger partial charge in [0.25, 0.3) is 0 Å². The molecule has 0 aliphatic carbocycles. The Balaban J connectivity index is 2.15. The Hall–Kier alpha value is -2.59. The monoisotopic (exact) mass is 325 g/mol. The molecule has 0 saturated carbocycles. The van der Waals surface area contributed by atoms with Crippen LogP contribution in [-0.4, -0.2) is 15.1 Å². The molecule has 23 heavy (non-hydrogen) atoms. The number of rotatable bonds is 2. The van der Waals surface area contributed by atoms with Crippen molar-refractivity contribution in [2.24, 2.45) is 0 Å². The lowest BCUT2D eigenvalue weighted by Gasteiger charge is -2.10. The van der Waals surface area contributed by atoms with Gasteiger partial charge in [-0.15, -0.1) is 0 Å². The highest BCUT2D eigenvalue weighted by Crippen LogP contribution is 2.34. The molecule has 0 fully saturated rings. The Morgan fingerprint density at radius 1 is 0.957 bits per heavy atom. The third kappa shape index (κ3) is 3.12. The van der Waals surface area contributed by atoms with Crippen LogP contribution in [0.4, 0.5) is 5.95 Å². The van der Waals surface area contributed by atoms with Crippen LogP contribution in [0, 0.1) is 13.8 Å². The van der Waals surface area contributed by atoms with Crippen LogP contribution in [0.2, 0.25) is 5.02 Å². The van der Waals surface area contributed by atoms with E-state index in [1.165, 1.54) is 5.56 Å². The van der Waals surface area contributed by atoms with E-state index in [9.17, 15) is 5.11 Å². The first-order valence-electron chi connectivity index (χ1n) is 7.15. The molecule has 3 N–H and O–H groups in total. The number of phenolic OH excluding ortho intramolecular Hbond substituents is 1. The van der Waals surface area contributed by atoms with Gasteiger partial charge in [-0.05, 0) is 37.6 Å². The summed E-state index contributed by atoms with van der Waals surface area (Å²) in [5.74, 6) is 0.258.